The van der Waals surface area contributed by atoms with Gasteiger partial charge in [0.25, 0.3) is 11.8 Å². The quantitative estimate of drug-likeness (QED) is 0.308. The van der Waals surface area contributed by atoms with E-state index in [1.165, 1.54) is 18.2 Å². The van der Waals surface area contributed by atoms with Crippen LogP contribution >= 0.6 is 0 Å². The molecule has 0 saturated heterocycles. The largest absolute Gasteiger partial charge is 0.452 e. The molecule has 7 nitrogen and oxygen atoms in total. The lowest BCUT2D eigenvalue weighted by molar-refractivity contribution is -0.119. The van der Waals surface area contributed by atoms with Crippen molar-refractivity contribution in [2.24, 2.45) is 0 Å². The van der Waals surface area contributed by atoms with Crippen LogP contribution in [0.25, 0.3) is 6.08 Å². The molecule has 0 spiro atoms. The Bertz CT molecular complexity index is 1250. The van der Waals surface area contributed by atoms with Gasteiger partial charge in [-0.1, -0.05) is 47.5 Å². The summed E-state index contributed by atoms with van der Waals surface area (Å²) < 4.78 is 5.06. The molecule has 0 heterocycles. The third-order valence-corrected chi connectivity index (χ3v) is 4.80. The van der Waals surface area contributed by atoms with Gasteiger partial charge in [-0.3, -0.25) is 9.59 Å². The zero-order chi connectivity index (χ0) is 24.5. The van der Waals surface area contributed by atoms with Crippen LogP contribution in [-0.4, -0.2) is 24.4 Å². The number of nitriles is 1. The van der Waals surface area contributed by atoms with Crippen molar-refractivity contribution in [2.45, 2.75) is 13.8 Å². The monoisotopic (exact) mass is 453 g/mol. The fourth-order valence-electron chi connectivity index (χ4n) is 2.91. The Kier molecular flexibility index (Phi) is 7.93. The number of amides is 2. The number of nitrogens with one attached hydrogen (secondary N) is 2. The highest BCUT2D eigenvalue weighted by atomic mass is 16.5. The maximum Gasteiger partial charge on any atom is 0.338 e. The van der Waals surface area contributed by atoms with Crippen molar-refractivity contribution >= 4 is 35.2 Å². The number of rotatable bonds is 7. The molecule has 0 bridgehead atoms. The number of anilines is 2. The van der Waals surface area contributed by atoms with E-state index in [9.17, 15) is 19.6 Å². The Morgan fingerprint density at radius 2 is 1.35 bits per heavy atom. The van der Waals surface area contributed by atoms with Crippen LogP contribution in [0.3, 0.4) is 0 Å². The maximum absolute atomic E-state index is 12.4. The van der Waals surface area contributed by atoms with Gasteiger partial charge in [0, 0.05) is 11.4 Å². The number of hydrogen-bond donors (Lipinski definition) is 2. The third kappa shape index (κ3) is 6.90. The predicted octanol–water partition coefficient (Wildman–Crippen LogP) is 4.64. The zero-order valence-corrected chi connectivity index (χ0v) is 18.8. The molecule has 7 heteroatoms. The fraction of sp³-hybridized carbons (Fsp3) is 0.111. The van der Waals surface area contributed by atoms with E-state index in [1.807, 2.05) is 44.2 Å². The molecule has 0 saturated carbocycles. The summed E-state index contributed by atoms with van der Waals surface area (Å²) in [6.07, 6.45) is 1.42. The summed E-state index contributed by atoms with van der Waals surface area (Å²) in [4.78, 5) is 36.6. The summed E-state index contributed by atoms with van der Waals surface area (Å²) in [7, 11) is 0. The third-order valence-electron chi connectivity index (χ3n) is 4.80. The predicted molar refractivity (Wildman–Crippen MR) is 130 cm³/mol. The average Bonchev–Trinajstić information content (AvgIpc) is 2.84. The molecule has 170 valence electrons. The summed E-state index contributed by atoms with van der Waals surface area (Å²) in [5, 5.41) is 14.7. The minimum atomic E-state index is -0.660. The minimum Gasteiger partial charge on any atom is -0.452 e. The average molecular weight is 453 g/mol. The van der Waals surface area contributed by atoms with Crippen LogP contribution in [0.2, 0.25) is 0 Å². The highest BCUT2D eigenvalue weighted by molar-refractivity contribution is 6.09. The minimum absolute atomic E-state index is 0.0799. The van der Waals surface area contributed by atoms with Gasteiger partial charge in [-0.25, -0.2) is 4.79 Å². The van der Waals surface area contributed by atoms with Crippen LogP contribution in [0.4, 0.5) is 11.4 Å². The van der Waals surface area contributed by atoms with Crippen molar-refractivity contribution in [3.05, 3.63) is 101 Å². The number of aryl methyl sites for hydroxylation is 2. The van der Waals surface area contributed by atoms with Gasteiger partial charge in [0.2, 0.25) is 0 Å². The summed E-state index contributed by atoms with van der Waals surface area (Å²) in [6.45, 7) is 3.45. The number of nitrogens with zero attached hydrogens (tertiary/aromatic N) is 1. The zero-order valence-electron chi connectivity index (χ0n) is 18.8. The molecule has 0 aliphatic rings. The molecule has 0 fully saturated rings. The van der Waals surface area contributed by atoms with Crippen molar-refractivity contribution in [3.63, 3.8) is 0 Å². The van der Waals surface area contributed by atoms with Gasteiger partial charge in [-0.2, -0.15) is 5.26 Å². The Balaban J connectivity index is 1.56. The van der Waals surface area contributed by atoms with Crippen LogP contribution in [0, 0.1) is 25.2 Å². The van der Waals surface area contributed by atoms with Gasteiger partial charge in [0.1, 0.15) is 11.6 Å². The molecule has 2 N–H and O–H groups in total. The molecule has 3 rings (SSSR count). The Morgan fingerprint density at radius 3 is 1.88 bits per heavy atom. The molecule has 34 heavy (non-hydrogen) atoms. The van der Waals surface area contributed by atoms with Gasteiger partial charge < -0.3 is 15.4 Å². The van der Waals surface area contributed by atoms with E-state index in [-0.39, 0.29) is 11.1 Å². The Labute approximate surface area is 197 Å². The summed E-state index contributed by atoms with van der Waals surface area (Å²) in [5.41, 5.74) is 4.04. The lowest BCUT2D eigenvalue weighted by Gasteiger charge is -2.07. The first-order valence-corrected chi connectivity index (χ1v) is 10.5. The van der Waals surface area contributed by atoms with E-state index >= 15 is 0 Å². The Hall–Kier alpha value is -4.70. The number of carbonyl (C=O) groups excluding carboxylic acids is 3. The number of ether oxygens (including phenoxy) is 1. The number of carbonyl (C=O) groups is 3. The lowest BCUT2D eigenvalue weighted by atomic mass is 10.1. The van der Waals surface area contributed by atoms with Crippen LogP contribution in [0.5, 0.6) is 0 Å². The first-order valence-electron chi connectivity index (χ1n) is 10.5. The van der Waals surface area contributed by atoms with E-state index in [4.69, 9.17) is 4.74 Å². The molecule has 3 aromatic carbocycles. The number of benzene rings is 3. The van der Waals surface area contributed by atoms with E-state index in [1.54, 1.807) is 36.4 Å². The van der Waals surface area contributed by atoms with E-state index in [0.717, 1.165) is 11.1 Å². The first-order chi connectivity index (χ1) is 16.3. The molecule has 0 atom stereocenters. The van der Waals surface area contributed by atoms with Crippen LogP contribution < -0.4 is 10.6 Å². The van der Waals surface area contributed by atoms with Gasteiger partial charge in [0.05, 0.1) is 5.56 Å². The van der Waals surface area contributed by atoms with Gasteiger partial charge in [-0.15, -0.1) is 0 Å². The molecule has 2 amide bonds. The van der Waals surface area contributed by atoms with Crippen molar-refractivity contribution in [1.29, 1.82) is 5.26 Å². The standard InChI is InChI=1S/C27H23N3O4/c1-18-3-11-23(12-4-18)29-25(31)17-34-27(33)21-9-7-20(8-10-21)15-22(16-28)26(32)30-24-13-5-19(2)6-14-24/h3-15H,17H2,1-2H3,(H,29,31)(H,30,32)/b22-15-. The van der Waals surface area contributed by atoms with Gasteiger partial charge >= 0.3 is 5.97 Å². The van der Waals surface area contributed by atoms with E-state index in [0.29, 0.717) is 16.9 Å². The second kappa shape index (κ2) is 11.2. The van der Waals surface area contributed by atoms with Crippen LogP contribution in [0.15, 0.2) is 78.4 Å². The maximum atomic E-state index is 12.4. The molecule has 0 aliphatic carbocycles. The Morgan fingerprint density at radius 1 is 0.824 bits per heavy atom. The van der Waals surface area contributed by atoms with Crippen LogP contribution in [-0.2, 0) is 14.3 Å². The van der Waals surface area contributed by atoms with Crippen molar-refractivity contribution in [1.82, 2.24) is 0 Å². The highest BCUT2D eigenvalue weighted by Crippen LogP contribution is 2.14. The topological polar surface area (TPSA) is 108 Å². The second-order valence-electron chi connectivity index (χ2n) is 7.60. The molecular weight excluding hydrogens is 430 g/mol. The lowest BCUT2D eigenvalue weighted by Crippen LogP contribution is -2.20. The molecule has 0 radical (unpaired) electrons. The number of hydrogen-bond acceptors (Lipinski definition) is 5. The molecule has 3 aromatic rings. The fourth-order valence-corrected chi connectivity index (χ4v) is 2.91. The molecule has 0 unspecified atom stereocenters. The highest BCUT2D eigenvalue weighted by Gasteiger charge is 2.12. The van der Waals surface area contributed by atoms with Crippen molar-refractivity contribution in [2.75, 3.05) is 17.2 Å². The molecule has 0 aromatic heterocycles. The normalized spacial score (nSPS) is 10.7. The smallest absolute Gasteiger partial charge is 0.338 e. The molecular formula is C27H23N3O4. The second-order valence-corrected chi connectivity index (χ2v) is 7.60. The SMILES string of the molecule is Cc1ccc(NC(=O)COC(=O)c2ccc(/C=C(/C#N)C(=O)Nc3ccc(C)cc3)cc2)cc1. The van der Waals surface area contributed by atoms with E-state index < -0.39 is 24.4 Å². The van der Waals surface area contributed by atoms with Crippen LogP contribution in [0.1, 0.15) is 27.0 Å². The van der Waals surface area contributed by atoms with Crippen molar-refractivity contribution in [3.8, 4) is 6.07 Å². The van der Waals surface area contributed by atoms with Crippen molar-refractivity contribution < 1.29 is 19.1 Å². The molecule has 0 aliphatic heterocycles. The summed E-state index contributed by atoms with van der Waals surface area (Å²) >= 11 is 0. The summed E-state index contributed by atoms with van der Waals surface area (Å²) in [6, 6.07) is 22.5. The summed E-state index contributed by atoms with van der Waals surface area (Å²) in [5.74, 6) is -1.64. The van der Waals surface area contributed by atoms with Gasteiger partial charge in [0.15, 0.2) is 6.61 Å². The number of esters is 1. The van der Waals surface area contributed by atoms with Gasteiger partial charge in [-0.05, 0) is 61.9 Å². The first kappa shape index (κ1) is 24.0. The van der Waals surface area contributed by atoms with E-state index in [2.05, 4.69) is 10.6 Å².